The van der Waals surface area contributed by atoms with Crippen LogP contribution in [0.1, 0.15) is 36.0 Å². The second kappa shape index (κ2) is 11.2. The molecular weight excluding hydrogens is 498 g/mol. The van der Waals surface area contributed by atoms with Gasteiger partial charge in [-0.2, -0.15) is 0 Å². The second-order valence-corrected chi connectivity index (χ2v) is 10.3. The maximum Gasteiger partial charge on any atom is 0.407 e. The van der Waals surface area contributed by atoms with Crippen molar-refractivity contribution in [1.29, 1.82) is 0 Å². The van der Waals surface area contributed by atoms with E-state index in [2.05, 4.69) is 0 Å². The van der Waals surface area contributed by atoms with Gasteiger partial charge in [0.25, 0.3) is 5.56 Å². The van der Waals surface area contributed by atoms with Crippen LogP contribution in [0.3, 0.4) is 0 Å². The standard InChI is InChI=1S/C27H34ClN3O6/c1-29-11-8-20(15-24(29)32)27(37-3)10-12-30(26(34)35)17-22(27)25(33)31(21-5-6-21)16-19-14-18(9-13-36-2)4-7-23(19)28/h4,7-8,11,14-15,21-22H,5-6,9-10,12-13,16-17H2,1-3H3,(H,34,35). The van der Waals surface area contributed by atoms with Crippen molar-refractivity contribution in [2.24, 2.45) is 13.0 Å². The number of aromatic nitrogens is 1. The lowest BCUT2D eigenvalue weighted by Gasteiger charge is -2.47. The van der Waals surface area contributed by atoms with Crippen molar-refractivity contribution in [2.75, 3.05) is 33.9 Å². The van der Waals surface area contributed by atoms with Crippen LogP contribution in [0.5, 0.6) is 0 Å². The zero-order chi connectivity index (χ0) is 26.7. The SMILES string of the molecule is COCCc1ccc(Cl)c(CN(C(=O)C2CN(C(=O)O)CCC2(OC)c2ccn(C)c(=O)c2)C2CC2)c1. The highest BCUT2D eigenvalue weighted by molar-refractivity contribution is 6.31. The maximum atomic E-state index is 14.3. The molecule has 1 aromatic heterocycles. The maximum absolute atomic E-state index is 14.3. The number of carbonyl (C=O) groups is 2. The Bertz CT molecular complexity index is 1210. The first kappa shape index (κ1) is 27.2. The Morgan fingerprint density at radius 1 is 1.22 bits per heavy atom. The van der Waals surface area contributed by atoms with Gasteiger partial charge in [0.1, 0.15) is 5.60 Å². The number of ether oxygens (including phenoxy) is 2. The van der Waals surface area contributed by atoms with Crippen LogP contribution in [0, 0.1) is 5.92 Å². The normalized spacial score (nSPS) is 21.6. The van der Waals surface area contributed by atoms with Crippen LogP contribution in [0.2, 0.25) is 5.02 Å². The van der Waals surface area contributed by atoms with Crippen LogP contribution in [-0.2, 0) is 39.9 Å². The predicted octanol–water partition coefficient (Wildman–Crippen LogP) is 3.26. The van der Waals surface area contributed by atoms with Gasteiger partial charge in [0.15, 0.2) is 0 Å². The number of carbonyl (C=O) groups excluding carboxylic acids is 1. The minimum absolute atomic E-state index is 0.0257. The number of carboxylic acid groups (broad SMARTS) is 1. The van der Waals surface area contributed by atoms with E-state index in [-0.39, 0.29) is 37.0 Å². The number of methoxy groups -OCH3 is 2. The molecule has 9 nitrogen and oxygen atoms in total. The van der Waals surface area contributed by atoms with E-state index >= 15 is 0 Å². The molecule has 2 fully saturated rings. The first-order valence-electron chi connectivity index (χ1n) is 12.5. The highest BCUT2D eigenvalue weighted by atomic mass is 35.5. The molecule has 1 aliphatic heterocycles. The zero-order valence-electron chi connectivity index (χ0n) is 21.5. The average Bonchev–Trinajstić information content (AvgIpc) is 3.73. The molecule has 2 atom stereocenters. The van der Waals surface area contributed by atoms with Gasteiger partial charge < -0.3 is 28.9 Å². The summed E-state index contributed by atoms with van der Waals surface area (Å²) in [5.41, 5.74) is 1.12. The van der Waals surface area contributed by atoms with Crippen molar-refractivity contribution >= 4 is 23.6 Å². The molecular formula is C27H34ClN3O6. The molecule has 2 amide bonds. The van der Waals surface area contributed by atoms with E-state index in [1.165, 1.54) is 22.6 Å². The van der Waals surface area contributed by atoms with Crippen LogP contribution in [0.4, 0.5) is 4.79 Å². The number of rotatable bonds is 9. The summed E-state index contributed by atoms with van der Waals surface area (Å²) in [7, 11) is 4.83. The van der Waals surface area contributed by atoms with Crippen molar-refractivity contribution < 1.29 is 24.2 Å². The van der Waals surface area contributed by atoms with Crippen molar-refractivity contribution in [3.05, 3.63) is 68.6 Å². The predicted molar refractivity (Wildman–Crippen MR) is 139 cm³/mol. The molecule has 1 saturated carbocycles. The van der Waals surface area contributed by atoms with Crippen molar-refractivity contribution in [2.45, 2.75) is 43.9 Å². The lowest BCUT2D eigenvalue weighted by molar-refractivity contribution is -0.159. The van der Waals surface area contributed by atoms with Gasteiger partial charge in [-0.05, 0) is 54.5 Å². The first-order chi connectivity index (χ1) is 17.7. The summed E-state index contributed by atoms with van der Waals surface area (Å²) < 4.78 is 12.7. The summed E-state index contributed by atoms with van der Waals surface area (Å²) in [6.45, 7) is 1.05. The monoisotopic (exact) mass is 531 g/mol. The lowest BCUT2D eigenvalue weighted by Crippen LogP contribution is -2.58. The van der Waals surface area contributed by atoms with Gasteiger partial charge >= 0.3 is 6.09 Å². The van der Waals surface area contributed by atoms with E-state index in [1.807, 2.05) is 23.1 Å². The molecule has 37 heavy (non-hydrogen) atoms. The number of amides is 2. The van der Waals surface area contributed by atoms with Crippen LogP contribution < -0.4 is 5.56 Å². The minimum Gasteiger partial charge on any atom is -0.465 e. The molecule has 2 unspecified atom stereocenters. The van der Waals surface area contributed by atoms with Crippen molar-refractivity contribution in [1.82, 2.24) is 14.4 Å². The number of benzene rings is 1. The largest absolute Gasteiger partial charge is 0.465 e. The molecule has 4 rings (SSSR count). The number of likely N-dealkylation sites (tertiary alicyclic amines) is 1. The summed E-state index contributed by atoms with van der Waals surface area (Å²) in [6, 6.07) is 9.09. The van der Waals surface area contributed by atoms with E-state index in [1.54, 1.807) is 26.4 Å². The number of aryl methyl sites for hydroxylation is 1. The van der Waals surface area contributed by atoms with Crippen molar-refractivity contribution in [3.63, 3.8) is 0 Å². The van der Waals surface area contributed by atoms with E-state index in [9.17, 15) is 19.5 Å². The Hall–Kier alpha value is -2.88. The Morgan fingerprint density at radius 3 is 2.59 bits per heavy atom. The fourth-order valence-electron chi connectivity index (χ4n) is 5.19. The molecule has 0 spiro atoms. The fraction of sp³-hybridized carbons (Fsp3) is 0.519. The Kier molecular flexibility index (Phi) is 8.26. The summed E-state index contributed by atoms with van der Waals surface area (Å²) in [5, 5.41) is 10.3. The number of nitrogens with zero attached hydrogens (tertiary/aromatic N) is 3. The van der Waals surface area contributed by atoms with Gasteiger partial charge in [-0.15, -0.1) is 0 Å². The summed E-state index contributed by atoms with van der Waals surface area (Å²) in [5.74, 6) is -1.03. The summed E-state index contributed by atoms with van der Waals surface area (Å²) in [4.78, 5) is 41.8. The van der Waals surface area contributed by atoms with Gasteiger partial charge in [-0.3, -0.25) is 9.59 Å². The van der Waals surface area contributed by atoms with E-state index in [0.717, 1.165) is 30.4 Å². The summed E-state index contributed by atoms with van der Waals surface area (Å²) >= 11 is 6.55. The number of halogens is 1. The lowest BCUT2D eigenvalue weighted by atomic mass is 9.75. The molecule has 2 aromatic rings. The van der Waals surface area contributed by atoms with Gasteiger partial charge in [0, 0.05) is 64.2 Å². The average molecular weight is 532 g/mol. The second-order valence-electron chi connectivity index (χ2n) is 9.86. The molecule has 1 saturated heterocycles. The molecule has 0 radical (unpaired) electrons. The highest BCUT2D eigenvalue weighted by Gasteiger charge is 2.52. The van der Waals surface area contributed by atoms with Crippen LogP contribution in [0.25, 0.3) is 0 Å². The third-order valence-electron chi connectivity index (χ3n) is 7.56. The number of pyridine rings is 1. The smallest absolute Gasteiger partial charge is 0.407 e. The molecule has 1 aliphatic carbocycles. The Morgan fingerprint density at radius 2 is 1.97 bits per heavy atom. The highest BCUT2D eigenvalue weighted by Crippen LogP contribution is 2.43. The Balaban J connectivity index is 1.71. The fourth-order valence-corrected chi connectivity index (χ4v) is 5.36. The number of hydrogen-bond donors (Lipinski definition) is 1. The molecule has 0 bridgehead atoms. The molecule has 1 N–H and O–H groups in total. The van der Waals surface area contributed by atoms with Crippen molar-refractivity contribution in [3.8, 4) is 0 Å². The third kappa shape index (κ3) is 5.68. The number of piperidine rings is 1. The third-order valence-corrected chi connectivity index (χ3v) is 7.93. The van der Waals surface area contributed by atoms with Gasteiger partial charge in [-0.1, -0.05) is 23.7 Å². The minimum atomic E-state index is -1.13. The molecule has 10 heteroatoms. The zero-order valence-corrected chi connectivity index (χ0v) is 22.2. The van der Waals surface area contributed by atoms with Crippen LogP contribution in [-0.4, -0.2) is 71.4 Å². The molecule has 200 valence electrons. The van der Waals surface area contributed by atoms with E-state index in [4.69, 9.17) is 21.1 Å². The van der Waals surface area contributed by atoms with Crippen LogP contribution in [0.15, 0.2) is 41.3 Å². The first-order valence-corrected chi connectivity index (χ1v) is 12.8. The van der Waals surface area contributed by atoms with Gasteiger partial charge in [0.2, 0.25) is 5.91 Å². The summed E-state index contributed by atoms with van der Waals surface area (Å²) in [6.07, 6.45) is 3.28. The van der Waals surface area contributed by atoms with Crippen LogP contribution >= 0.6 is 11.6 Å². The molecule has 1 aromatic carbocycles. The molecule has 2 heterocycles. The van der Waals surface area contributed by atoms with Gasteiger partial charge in [-0.25, -0.2) is 4.79 Å². The topological polar surface area (TPSA) is 101 Å². The molecule has 2 aliphatic rings. The Labute approximate surface area is 221 Å². The quantitative estimate of drug-likeness (QED) is 0.533. The van der Waals surface area contributed by atoms with Gasteiger partial charge in [0.05, 0.1) is 12.5 Å². The van der Waals surface area contributed by atoms with E-state index in [0.29, 0.717) is 23.7 Å². The van der Waals surface area contributed by atoms with E-state index < -0.39 is 17.6 Å². The number of hydrogen-bond acceptors (Lipinski definition) is 5.